The molecule has 24 heavy (non-hydrogen) atoms. The molecule has 1 aromatic heterocycles. The van der Waals surface area contributed by atoms with E-state index in [-0.39, 0.29) is 17.7 Å². The Labute approximate surface area is 153 Å². The van der Waals surface area contributed by atoms with Crippen LogP contribution in [0.5, 0.6) is 0 Å². The van der Waals surface area contributed by atoms with Crippen molar-refractivity contribution < 1.29 is 9.59 Å². The summed E-state index contributed by atoms with van der Waals surface area (Å²) in [6, 6.07) is 9.27. The normalized spacial score (nSPS) is 11.9. The summed E-state index contributed by atoms with van der Waals surface area (Å²) in [6.07, 6.45) is 1.59. The molecule has 1 aromatic carbocycles. The molecule has 0 aliphatic rings. The SMILES string of the molecule is CC(C)C(NC(=O)c1ccc(Cl)cc1)C(=O)Nc1ccc(Br)cn1. The van der Waals surface area contributed by atoms with Gasteiger partial charge in [-0.1, -0.05) is 25.4 Å². The molecule has 1 heterocycles. The van der Waals surface area contributed by atoms with Crippen molar-refractivity contribution in [1.29, 1.82) is 0 Å². The van der Waals surface area contributed by atoms with Gasteiger partial charge in [0.05, 0.1) is 0 Å². The number of amides is 2. The van der Waals surface area contributed by atoms with E-state index in [0.29, 0.717) is 16.4 Å². The summed E-state index contributed by atoms with van der Waals surface area (Å²) in [6.45, 7) is 3.72. The molecular weight excluding hydrogens is 394 g/mol. The summed E-state index contributed by atoms with van der Waals surface area (Å²) < 4.78 is 0.817. The van der Waals surface area contributed by atoms with Gasteiger partial charge in [-0.15, -0.1) is 0 Å². The minimum atomic E-state index is -0.682. The third-order valence-electron chi connectivity index (χ3n) is 3.32. The highest BCUT2D eigenvalue weighted by Gasteiger charge is 2.25. The minimum absolute atomic E-state index is 0.0864. The standard InChI is InChI=1S/C17H17BrClN3O2/c1-10(2)15(17(24)21-14-8-5-12(18)9-20-14)22-16(23)11-3-6-13(19)7-4-11/h3-10,15H,1-2H3,(H,22,23)(H,20,21,24). The van der Waals surface area contributed by atoms with Crippen LogP contribution in [-0.2, 0) is 4.79 Å². The van der Waals surface area contributed by atoms with Crippen LogP contribution in [0, 0.1) is 5.92 Å². The van der Waals surface area contributed by atoms with E-state index in [2.05, 4.69) is 31.5 Å². The van der Waals surface area contributed by atoms with E-state index in [0.717, 1.165) is 4.47 Å². The molecule has 0 bridgehead atoms. The maximum Gasteiger partial charge on any atom is 0.251 e. The summed E-state index contributed by atoms with van der Waals surface area (Å²) in [4.78, 5) is 28.9. The van der Waals surface area contributed by atoms with Crippen molar-refractivity contribution in [2.24, 2.45) is 5.92 Å². The fraction of sp³-hybridized carbons (Fsp3) is 0.235. The largest absolute Gasteiger partial charge is 0.340 e. The maximum atomic E-state index is 12.5. The molecule has 1 unspecified atom stereocenters. The zero-order valence-corrected chi connectivity index (χ0v) is 15.6. The summed E-state index contributed by atoms with van der Waals surface area (Å²) >= 11 is 9.10. The number of nitrogens with zero attached hydrogens (tertiary/aromatic N) is 1. The van der Waals surface area contributed by atoms with Crippen LogP contribution in [0.4, 0.5) is 5.82 Å². The third-order valence-corrected chi connectivity index (χ3v) is 4.04. The van der Waals surface area contributed by atoms with Crippen molar-refractivity contribution in [3.05, 3.63) is 57.7 Å². The van der Waals surface area contributed by atoms with E-state index in [1.807, 2.05) is 13.8 Å². The number of carbonyl (C=O) groups excluding carboxylic acids is 2. The molecule has 7 heteroatoms. The number of pyridine rings is 1. The highest BCUT2D eigenvalue weighted by Crippen LogP contribution is 2.13. The Kier molecular flexibility index (Phi) is 6.34. The van der Waals surface area contributed by atoms with Gasteiger partial charge in [0.2, 0.25) is 5.91 Å². The zero-order chi connectivity index (χ0) is 17.7. The van der Waals surface area contributed by atoms with Crippen LogP contribution in [0.15, 0.2) is 47.1 Å². The highest BCUT2D eigenvalue weighted by atomic mass is 79.9. The molecule has 0 fully saturated rings. The number of halogens is 2. The molecule has 0 spiro atoms. The molecule has 0 saturated heterocycles. The predicted octanol–water partition coefficient (Wildman–Crippen LogP) is 3.89. The van der Waals surface area contributed by atoms with Crippen LogP contribution in [0.2, 0.25) is 5.02 Å². The second-order valence-electron chi connectivity index (χ2n) is 5.55. The maximum absolute atomic E-state index is 12.5. The van der Waals surface area contributed by atoms with Crippen molar-refractivity contribution in [2.75, 3.05) is 5.32 Å². The van der Waals surface area contributed by atoms with Gasteiger partial charge in [-0.3, -0.25) is 9.59 Å². The molecule has 0 aliphatic carbocycles. The number of nitrogens with one attached hydrogen (secondary N) is 2. The number of carbonyl (C=O) groups is 2. The van der Waals surface area contributed by atoms with Crippen molar-refractivity contribution in [3.63, 3.8) is 0 Å². The summed E-state index contributed by atoms with van der Waals surface area (Å²) in [5, 5.41) is 6.01. The molecule has 2 N–H and O–H groups in total. The Morgan fingerprint density at radius 3 is 2.33 bits per heavy atom. The number of rotatable bonds is 5. The lowest BCUT2D eigenvalue weighted by Crippen LogP contribution is -2.47. The second kappa shape index (κ2) is 8.26. The number of benzene rings is 1. The van der Waals surface area contributed by atoms with Gasteiger partial charge in [0.15, 0.2) is 0 Å². The molecule has 0 saturated carbocycles. The van der Waals surface area contributed by atoms with Crippen LogP contribution in [-0.4, -0.2) is 22.8 Å². The minimum Gasteiger partial charge on any atom is -0.340 e. The molecule has 126 valence electrons. The summed E-state index contributed by atoms with van der Waals surface area (Å²) in [5.41, 5.74) is 0.444. The average molecular weight is 411 g/mol. The topological polar surface area (TPSA) is 71.1 Å². The first-order valence-corrected chi connectivity index (χ1v) is 8.53. The van der Waals surface area contributed by atoms with Gasteiger partial charge in [-0.25, -0.2) is 4.98 Å². The molecule has 0 aliphatic heterocycles. The van der Waals surface area contributed by atoms with Crippen molar-refractivity contribution in [2.45, 2.75) is 19.9 Å². The molecule has 0 radical (unpaired) electrons. The van der Waals surface area contributed by atoms with Crippen LogP contribution in [0.3, 0.4) is 0 Å². The lowest BCUT2D eigenvalue weighted by Gasteiger charge is -2.21. The Morgan fingerprint density at radius 2 is 1.79 bits per heavy atom. The van der Waals surface area contributed by atoms with Gasteiger partial charge < -0.3 is 10.6 Å². The average Bonchev–Trinajstić information content (AvgIpc) is 2.54. The molecule has 1 atom stereocenters. The number of anilines is 1. The van der Waals surface area contributed by atoms with Gasteiger partial charge in [0.1, 0.15) is 11.9 Å². The van der Waals surface area contributed by atoms with E-state index in [1.165, 1.54) is 0 Å². The fourth-order valence-electron chi connectivity index (χ4n) is 2.01. The van der Waals surface area contributed by atoms with Crippen LogP contribution < -0.4 is 10.6 Å². The Bertz CT molecular complexity index is 718. The lowest BCUT2D eigenvalue weighted by atomic mass is 10.0. The van der Waals surface area contributed by atoms with Crippen molar-refractivity contribution in [1.82, 2.24) is 10.3 Å². The van der Waals surface area contributed by atoms with Gasteiger partial charge in [0, 0.05) is 21.3 Å². The van der Waals surface area contributed by atoms with Gasteiger partial charge in [-0.2, -0.15) is 0 Å². The molecule has 2 amide bonds. The van der Waals surface area contributed by atoms with E-state index >= 15 is 0 Å². The number of aromatic nitrogens is 1. The summed E-state index contributed by atoms with van der Waals surface area (Å²) in [5.74, 6) is -0.308. The van der Waals surface area contributed by atoms with Crippen molar-refractivity contribution >= 4 is 45.2 Å². The van der Waals surface area contributed by atoms with E-state index in [9.17, 15) is 9.59 Å². The Balaban J connectivity index is 2.07. The lowest BCUT2D eigenvalue weighted by molar-refractivity contribution is -0.118. The summed E-state index contributed by atoms with van der Waals surface area (Å²) in [7, 11) is 0. The Hall–Kier alpha value is -1.92. The van der Waals surface area contributed by atoms with Crippen LogP contribution in [0.25, 0.3) is 0 Å². The monoisotopic (exact) mass is 409 g/mol. The first-order chi connectivity index (χ1) is 11.4. The molecule has 2 aromatic rings. The van der Waals surface area contributed by atoms with Crippen LogP contribution in [0.1, 0.15) is 24.2 Å². The molecular formula is C17H17BrClN3O2. The quantitative estimate of drug-likeness (QED) is 0.785. The second-order valence-corrected chi connectivity index (χ2v) is 6.91. The molecule has 5 nitrogen and oxygen atoms in total. The predicted molar refractivity (Wildman–Crippen MR) is 98.1 cm³/mol. The van der Waals surface area contributed by atoms with Crippen LogP contribution >= 0.6 is 27.5 Å². The highest BCUT2D eigenvalue weighted by molar-refractivity contribution is 9.10. The fourth-order valence-corrected chi connectivity index (χ4v) is 2.38. The zero-order valence-electron chi connectivity index (χ0n) is 13.2. The van der Waals surface area contributed by atoms with E-state index in [4.69, 9.17) is 11.6 Å². The smallest absolute Gasteiger partial charge is 0.251 e. The van der Waals surface area contributed by atoms with E-state index in [1.54, 1.807) is 42.6 Å². The van der Waals surface area contributed by atoms with Gasteiger partial charge >= 0.3 is 0 Å². The van der Waals surface area contributed by atoms with Gasteiger partial charge in [-0.05, 0) is 58.2 Å². The Morgan fingerprint density at radius 1 is 1.12 bits per heavy atom. The first-order valence-electron chi connectivity index (χ1n) is 7.35. The molecule has 2 rings (SSSR count). The first kappa shape index (κ1) is 18.4. The number of hydrogen-bond donors (Lipinski definition) is 2. The van der Waals surface area contributed by atoms with Crippen molar-refractivity contribution in [3.8, 4) is 0 Å². The number of hydrogen-bond acceptors (Lipinski definition) is 3. The third kappa shape index (κ3) is 5.04. The van der Waals surface area contributed by atoms with Gasteiger partial charge in [0.25, 0.3) is 5.91 Å². The van der Waals surface area contributed by atoms with E-state index < -0.39 is 6.04 Å².